The molecule has 0 fully saturated rings. The number of nitro groups is 1. The van der Waals surface area contributed by atoms with Crippen LogP contribution in [0.15, 0.2) is 18.2 Å². The van der Waals surface area contributed by atoms with Gasteiger partial charge in [0.15, 0.2) is 0 Å². The summed E-state index contributed by atoms with van der Waals surface area (Å²) in [6.45, 7) is -0.250. The van der Waals surface area contributed by atoms with E-state index in [-0.39, 0.29) is 18.9 Å². The van der Waals surface area contributed by atoms with Gasteiger partial charge in [-0.3, -0.25) is 10.1 Å². The first-order valence-electron chi connectivity index (χ1n) is 5.17. The summed E-state index contributed by atoms with van der Waals surface area (Å²) < 4.78 is 0. The van der Waals surface area contributed by atoms with E-state index in [2.05, 4.69) is 4.98 Å². The molecule has 0 aliphatic carbocycles. The molecule has 90 valence electrons. The molecule has 0 saturated carbocycles. The van der Waals surface area contributed by atoms with Crippen molar-refractivity contribution in [2.45, 2.75) is 13.0 Å². The third-order valence-electron chi connectivity index (χ3n) is 2.71. The molecule has 0 aliphatic heterocycles. The average Bonchev–Trinajstić information content (AvgIpc) is 2.67. The second-order valence-electron chi connectivity index (χ2n) is 3.70. The molecule has 1 aromatic heterocycles. The number of benzene rings is 1. The Labute approximate surface area is 96.7 Å². The van der Waals surface area contributed by atoms with Gasteiger partial charge in [0, 0.05) is 35.3 Å². The number of nitrogens with zero attached hydrogens (tertiary/aromatic N) is 1. The van der Waals surface area contributed by atoms with Crippen LogP contribution in [-0.2, 0) is 13.0 Å². The molecule has 0 saturated heterocycles. The Morgan fingerprint density at radius 3 is 2.71 bits per heavy atom. The molecule has 0 bridgehead atoms. The molecule has 0 spiro atoms. The molecule has 6 heteroatoms. The molecule has 1 aromatic carbocycles. The minimum atomic E-state index is -0.464. The zero-order valence-corrected chi connectivity index (χ0v) is 9.01. The number of aliphatic hydroxyl groups excluding tert-OH is 2. The van der Waals surface area contributed by atoms with Crippen LogP contribution in [0.3, 0.4) is 0 Å². The quantitative estimate of drug-likeness (QED) is 0.546. The van der Waals surface area contributed by atoms with E-state index in [9.17, 15) is 15.2 Å². The van der Waals surface area contributed by atoms with Crippen LogP contribution in [0.5, 0.6) is 0 Å². The van der Waals surface area contributed by atoms with Gasteiger partial charge in [-0.1, -0.05) is 0 Å². The van der Waals surface area contributed by atoms with Crippen LogP contribution in [0.25, 0.3) is 10.9 Å². The highest BCUT2D eigenvalue weighted by Crippen LogP contribution is 2.27. The number of fused-ring (bicyclic) bond motifs is 1. The van der Waals surface area contributed by atoms with E-state index >= 15 is 0 Å². The number of H-pyrrole nitrogens is 1. The Morgan fingerprint density at radius 2 is 2.12 bits per heavy atom. The highest BCUT2D eigenvalue weighted by atomic mass is 16.6. The summed E-state index contributed by atoms with van der Waals surface area (Å²) in [5.74, 6) is 0. The lowest BCUT2D eigenvalue weighted by Gasteiger charge is -1.99. The average molecular weight is 236 g/mol. The summed E-state index contributed by atoms with van der Waals surface area (Å²) in [7, 11) is 0. The van der Waals surface area contributed by atoms with Crippen LogP contribution in [0, 0.1) is 10.1 Å². The molecule has 0 radical (unpaired) electrons. The van der Waals surface area contributed by atoms with Gasteiger partial charge in [-0.2, -0.15) is 0 Å². The van der Waals surface area contributed by atoms with Gasteiger partial charge in [-0.15, -0.1) is 0 Å². The Hall–Kier alpha value is -1.92. The Bertz CT molecular complexity index is 562. The third kappa shape index (κ3) is 2.00. The third-order valence-corrected chi connectivity index (χ3v) is 2.71. The van der Waals surface area contributed by atoms with Crippen molar-refractivity contribution >= 4 is 16.6 Å². The van der Waals surface area contributed by atoms with E-state index in [1.165, 1.54) is 12.1 Å². The van der Waals surface area contributed by atoms with Crippen molar-refractivity contribution in [1.82, 2.24) is 4.98 Å². The second kappa shape index (κ2) is 4.52. The maximum Gasteiger partial charge on any atom is 0.270 e. The number of hydrogen-bond acceptors (Lipinski definition) is 4. The Kier molecular flexibility index (Phi) is 3.08. The molecular weight excluding hydrogens is 224 g/mol. The summed E-state index contributed by atoms with van der Waals surface area (Å²) in [4.78, 5) is 13.2. The minimum Gasteiger partial charge on any atom is -0.396 e. The number of aliphatic hydroxyl groups is 2. The van der Waals surface area contributed by atoms with Crippen molar-refractivity contribution in [1.29, 1.82) is 0 Å². The van der Waals surface area contributed by atoms with Crippen LogP contribution in [-0.4, -0.2) is 26.7 Å². The summed E-state index contributed by atoms with van der Waals surface area (Å²) in [5, 5.41) is 29.5. The van der Waals surface area contributed by atoms with Gasteiger partial charge in [-0.25, -0.2) is 0 Å². The highest BCUT2D eigenvalue weighted by Gasteiger charge is 2.14. The maximum absolute atomic E-state index is 10.7. The van der Waals surface area contributed by atoms with Crippen LogP contribution < -0.4 is 0 Å². The number of non-ortho nitro benzene ring substituents is 1. The molecule has 0 aliphatic rings. The van der Waals surface area contributed by atoms with Gasteiger partial charge < -0.3 is 15.2 Å². The van der Waals surface area contributed by atoms with Gasteiger partial charge >= 0.3 is 0 Å². The number of aromatic amines is 1. The van der Waals surface area contributed by atoms with Crippen LogP contribution in [0.2, 0.25) is 0 Å². The molecular formula is C11H12N2O4. The van der Waals surface area contributed by atoms with Crippen LogP contribution in [0.1, 0.15) is 11.3 Å². The predicted molar refractivity (Wildman–Crippen MR) is 61.7 cm³/mol. The lowest BCUT2D eigenvalue weighted by molar-refractivity contribution is -0.384. The van der Waals surface area contributed by atoms with E-state index in [1.54, 1.807) is 6.07 Å². The zero-order valence-electron chi connectivity index (χ0n) is 9.01. The van der Waals surface area contributed by atoms with Gasteiger partial charge in [0.05, 0.1) is 11.5 Å². The first-order chi connectivity index (χ1) is 8.17. The molecule has 0 amide bonds. The molecule has 1 heterocycles. The fourth-order valence-corrected chi connectivity index (χ4v) is 1.94. The standard InChI is InChI=1S/C11H12N2O4/c14-4-3-8-9-5-7(13(16)17)1-2-10(9)12-11(8)6-15/h1-2,5,12,14-15H,3-4,6H2. The molecule has 3 N–H and O–H groups in total. The summed E-state index contributed by atoms with van der Waals surface area (Å²) in [6.07, 6.45) is 0.358. The predicted octanol–water partition coefficient (Wildman–Crippen LogP) is 1.10. The summed E-state index contributed by atoms with van der Waals surface area (Å²) in [5.41, 5.74) is 2.05. The zero-order chi connectivity index (χ0) is 12.4. The molecule has 0 atom stereocenters. The number of nitro benzene ring substituents is 1. The Morgan fingerprint density at radius 1 is 1.35 bits per heavy atom. The smallest absolute Gasteiger partial charge is 0.270 e. The number of nitrogens with one attached hydrogen (secondary N) is 1. The SMILES string of the molecule is O=[N+]([O-])c1ccc2[nH]c(CO)c(CCO)c2c1. The highest BCUT2D eigenvalue weighted by molar-refractivity contribution is 5.86. The van der Waals surface area contributed by atoms with Crippen molar-refractivity contribution in [2.75, 3.05) is 6.61 Å². The first-order valence-corrected chi connectivity index (χ1v) is 5.17. The summed E-state index contributed by atoms with van der Waals surface area (Å²) in [6, 6.07) is 4.46. The van der Waals surface area contributed by atoms with Gasteiger partial charge in [0.1, 0.15) is 0 Å². The monoisotopic (exact) mass is 236 g/mol. The Balaban J connectivity index is 2.64. The molecule has 2 rings (SSSR count). The molecule has 6 nitrogen and oxygen atoms in total. The first kappa shape index (κ1) is 11.6. The van der Waals surface area contributed by atoms with Crippen molar-refractivity contribution in [3.05, 3.63) is 39.6 Å². The lowest BCUT2D eigenvalue weighted by Crippen LogP contribution is -1.95. The van der Waals surface area contributed by atoms with Crippen LogP contribution in [0.4, 0.5) is 5.69 Å². The van der Waals surface area contributed by atoms with Gasteiger partial charge in [0.2, 0.25) is 0 Å². The van der Waals surface area contributed by atoms with E-state index < -0.39 is 4.92 Å². The molecule has 17 heavy (non-hydrogen) atoms. The van der Waals surface area contributed by atoms with Crippen molar-refractivity contribution in [3.8, 4) is 0 Å². The fourth-order valence-electron chi connectivity index (χ4n) is 1.94. The van der Waals surface area contributed by atoms with Gasteiger partial charge in [-0.05, 0) is 18.1 Å². The fraction of sp³-hybridized carbons (Fsp3) is 0.273. The summed E-state index contributed by atoms with van der Waals surface area (Å²) >= 11 is 0. The van der Waals surface area contributed by atoms with E-state index in [1.807, 2.05) is 0 Å². The molecule has 2 aromatic rings. The van der Waals surface area contributed by atoms with Crippen molar-refractivity contribution in [3.63, 3.8) is 0 Å². The van der Waals surface area contributed by atoms with Crippen molar-refractivity contribution in [2.24, 2.45) is 0 Å². The van der Waals surface area contributed by atoms with Gasteiger partial charge in [0.25, 0.3) is 5.69 Å². The van der Waals surface area contributed by atoms with E-state index in [0.717, 1.165) is 11.1 Å². The maximum atomic E-state index is 10.7. The van der Waals surface area contributed by atoms with E-state index in [4.69, 9.17) is 5.11 Å². The number of aromatic nitrogens is 1. The second-order valence-corrected chi connectivity index (χ2v) is 3.70. The van der Waals surface area contributed by atoms with Crippen molar-refractivity contribution < 1.29 is 15.1 Å². The van der Waals surface area contributed by atoms with E-state index in [0.29, 0.717) is 17.5 Å². The number of hydrogen-bond donors (Lipinski definition) is 3. The largest absolute Gasteiger partial charge is 0.396 e. The topological polar surface area (TPSA) is 99.4 Å². The lowest BCUT2D eigenvalue weighted by atomic mass is 10.1. The number of rotatable bonds is 4. The normalized spacial score (nSPS) is 10.9. The molecule has 0 unspecified atom stereocenters. The van der Waals surface area contributed by atoms with Crippen LogP contribution >= 0.6 is 0 Å². The minimum absolute atomic E-state index is 0.000166.